The Morgan fingerprint density at radius 3 is 2.12 bits per heavy atom. The molecular formula is C27H18ClN3O. The van der Waals surface area contributed by atoms with Gasteiger partial charge in [-0.25, -0.2) is 4.98 Å². The van der Waals surface area contributed by atoms with Crippen molar-refractivity contribution in [2.24, 2.45) is 0 Å². The van der Waals surface area contributed by atoms with Crippen LogP contribution in [0.15, 0.2) is 97.1 Å². The first-order valence-electron chi connectivity index (χ1n) is 10.5. The summed E-state index contributed by atoms with van der Waals surface area (Å²) in [5.41, 5.74) is 5.18. The first-order chi connectivity index (χ1) is 15.8. The lowest BCUT2D eigenvalue weighted by molar-refractivity contribution is 0.270. The van der Waals surface area contributed by atoms with Gasteiger partial charge in [0.25, 0.3) is 0 Å². The van der Waals surface area contributed by atoms with Crippen LogP contribution in [0.1, 0.15) is 11.5 Å². The summed E-state index contributed by atoms with van der Waals surface area (Å²) in [5.74, 6) is 2.34. The minimum Gasteiger partial charge on any atom is -0.484 e. The average Bonchev–Trinajstić information content (AvgIpc) is 3.23. The maximum atomic E-state index is 6.30. The second-order valence-corrected chi connectivity index (χ2v) is 8.14. The van der Waals surface area contributed by atoms with E-state index in [-0.39, 0.29) is 17.3 Å². The summed E-state index contributed by atoms with van der Waals surface area (Å²) >= 11 is 6.21. The molecule has 0 saturated heterocycles. The number of para-hydroxylation sites is 1. The molecule has 0 N–H and O–H groups in total. The minimum absolute atomic E-state index is 0.0687. The molecule has 0 amide bonds. The number of fused-ring (bicyclic) bond motifs is 3. The van der Waals surface area contributed by atoms with E-state index < -0.39 is 0 Å². The predicted molar refractivity (Wildman–Crippen MR) is 127 cm³/mol. The number of nitrogens with zero attached hydrogens (tertiary/aromatic N) is 3. The highest BCUT2D eigenvalue weighted by molar-refractivity contribution is 6.28. The zero-order valence-corrected chi connectivity index (χ0v) is 17.8. The number of rotatable bonds is 3. The monoisotopic (exact) mass is 435 g/mol. The van der Waals surface area contributed by atoms with Gasteiger partial charge in [-0.2, -0.15) is 9.97 Å². The summed E-state index contributed by atoms with van der Waals surface area (Å²) < 4.78 is 6.30. The van der Waals surface area contributed by atoms with Crippen molar-refractivity contribution in [2.75, 3.05) is 0 Å². The quantitative estimate of drug-likeness (QED) is 0.368. The molecule has 4 nitrogen and oxygen atoms in total. The zero-order chi connectivity index (χ0) is 21.5. The Bertz CT molecular complexity index is 1360. The number of benzene rings is 3. The highest BCUT2D eigenvalue weighted by Gasteiger charge is 2.33. The van der Waals surface area contributed by atoms with Crippen LogP contribution in [0.5, 0.6) is 5.75 Å². The lowest BCUT2D eigenvalue weighted by Crippen LogP contribution is -2.15. The highest BCUT2D eigenvalue weighted by atomic mass is 35.5. The van der Waals surface area contributed by atoms with Crippen LogP contribution in [-0.4, -0.2) is 21.1 Å². The standard InChI is InChI=1S/C27H18ClN3O/c28-27-30-25(18-7-2-1-3-8-18)29-26(31-27)19-15-13-17(14-16-19)20-10-6-11-22-21-9-4-5-12-23(21)32-24(20)22/h1-16,21,23H. The molecule has 2 heterocycles. The fourth-order valence-electron chi connectivity index (χ4n) is 4.29. The Morgan fingerprint density at radius 2 is 1.34 bits per heavy atom. The van der Waals surface area contributed by atoms with Gasteiger partial charge in [-0.15, -0.1) is 0 Å². The summed E-state index contributed by atoms with van der Waals surface area (Å²) in [4.78, 5) is 13.3. The molecule has 4 aromatic rings. The van der Waals surface area contributed by atoms with Gasteiger partial charge in [-0.3, -0.25) is 0 Å². The van der Waals surface area contributed by atoms with Crippen LogP contribution >= 0.6 is 11.6 Å². The van der Waals surface area contributed by atoms with Crippen LogP contribution in [0, 0.1) is 0 Å². The fraction of sp³-hybridized carbons (Fsp3) is 0.0741. The van der Waals surface area contributed by atoms with Crippen molar-refractivity contribution in [3.63, 3.8) is 0 Å². The second-order valence-electron chi connectivity index (χ2n) is 7.80. The maximum absolute atomic E-state index is 6.30. The molecule has 3 aromatic carbocycles. The lowest BCUT2D eigenvalue weighted by atomic mass is 9.90. The van der Waals surface area contributed by atoms with E-state index >= 15 is 0 Å². The summed E-state index contributed by atoms with van der Waals surface area (Å²) in [6.07, 6.45) is 8.53. The molecule has 154 valence electrons. The molecule has 5 heteroatoms. The SMILES string of the molecule is Clc1nc(-c2ccccc2)nc(-c2ccc(-c3cccc4c3OC3C=CC=CC43)cc2)n1. The van der Waals surface area contributed by atoms with Crippen LogP contribution in [-0.2, 0) is 0 Å². The van der Waals surface area contributed by atoms with Gasteiger partial charge in [-0.05, 0) is 23.2 Å². The number of allylic oxidation sites excluding steroid dienone is 2. The van der Waals surface area contributed by atoms with Crippen molar-refractivity contribution < 1.29 is 4.74 Å². The summed E-state index contributed by atoms with van der Waals surface area (Å²) in [7, 11) is 0. The lowest BCUT2D eigenvalue weighted by Gasteiger charge is -2.14. The molecule has 2 aliphatic rings. The first-order valence-corrected chi connectivity index (χ1v) is 10.9. The van der Waals surface area contributed by atoms with Gasteiger partial charge in [0.15, 0.2) is 11.6 Å². The Morgan fingerprint density at radius 1 is 0.656 bits per heavy atom. The normalized spacial score (nSPS) is 18.2. The third-order valence-electron chi connectivity index (χ3n) is 5.84. The van der Waals surface area contributed by atoms with Crippen LogP contribution in [0.4, 0.5) is 0 Å². The van der Waals surface area contributed by atoms with E-state index in [2.05, 4.69) is 63.5 Å². The number of ether oxygens (including phenoxy) is 1. The highest BCUT2D eigenvalue weighted by Crippen LogP contribution is 2.46. The molecule has 32 heavy (non-hydrogen) atoms. The maximum Gasteiger partial charge on any atom is 0.226 e. The first kappa shape index (κ1) is 19.0. The van der Waals surface area contributed by atoms with Crippen LogP contribution in [0.25, 0.3) is 33.9 Å². The Kier molecular flexibility index (Phi) is 4.58. The van der Waals surface area contributed by atoms with Gasteiger partial charge in [0.2, 0.25) is 5.28 Å². The Balaban J connectivity index is 1.36. The molecule has 0 saturated carbocycles. The number of hydrogen-bond donors (Lipinski definition) is 0. The molecule has 1 aromatic heterocycles. The summed E-state index contributed by atoms with van der Waals surface area (Å²) in [6.45, 7) is 0. The van der Waals surface area contributed by atoms with E-state index in [1.54, 1.807) is 0 Å². The van der Waals surface area contributed by atoms with E-state index in [1.807, 2.05) is 48.5 Å². The van der Waals surface area contributed by atoms with E-state index in [0.717, 1.165) is 28.0 Å². The number of hydrogen-bond acceptors (Lipinski definition) is 4. The number of aromatic nitrogens is 3. The second kappa shape index (κ2) is 7.74. The molecule has 2 unspecified atom stereocenters. The molecule has 0 bridgehead atoms. The van der Waals surface area contributed by atoms with Gasteiger partial charge in [0, 0.05) is 28.2 Å². The van der Waals surface area contributed by atoms with Gasteiger partial charge < -0.3 is 4.74 Å². The molecular weight excluding hydrogens is 418 g/mol. The van der Waals surface area contributed by atoms with Crippen LogP contribution < -0.4 is 4.74 Å². The van der Waals surface area contributed by atoms with Gasteiger partial charge >= 0.3 is 0 Å². The Labute approximate surface area is 190 Å². The van der Waals surface area contributed by atoms with Gasteiger partial charge in [-0.1, -0.05) is 91.0 Å². The van der Waals surface area contributed by atoms with Gasteiger partial charge in [0.05, 0.1) is 0 Å². The van der Waals surface area contributed by atoms with Crippen molar-refractivity contribution in [3.8, 4) is 39.7 Å². The van der Waals surface area contributed by atoms with Crippen molar-refractivity contribution in [1.29, 1.82) is 0 Å². The van der Waals surface area contributed by atoms with E-state index in [1.165, 1.54) is 5.56 Å². The van der Waals surface area contributed by atoms with Crippen molar-refractivity contribution in [3.05, 3.63) is 108 Å². The van der Waals surface area contributed by atoms with Crippen molar-refractivity contribution in [1.82, 2.24) is 15.0 Å². The van der Waals surface area contributed by atoms with E-state index in [0.29, 0.717) is 11.6 Å². The zero-order valence-electron chi connectivity index (χ0n) is 17.0. The molecule has 1 aliphatic heterocycles. The predicted octanol–water partition coefficient (Wildman–Crippen LogP) is 6.50. The van der Waals surface area contributed by atoms with Crippen LogP contribution in [0.3, 0.4) is 0 Å². The fourth-order valence-corrected chi connectivity index (χ4v) is 4.45. The topological polar surface area (TPSA) is 47.9 Å². The van der Waals surface area contributed by atoms with Crippen LogP contribution in [0.2, 0.25) is 5.28 Å². The van der Waals surface area contributed by atoms with Crippen molar-refractivity contribution in [2.45, 2.75) is 12.0 Å². The third kappa shape index (κ3) is 3.29. The minimum atomic E-state index is 0.0687. The van der Waals surface area contributed by atoms with E-state index in [4.69, 9.17) is 16.3 Å². The summed E-state index contributed by atoms with van der Waals surface area (Å²) in [6, 6.07) is 24.3. The molecule has 2 atom stereocenters. The van der Waals surface area contributed by atoms with Crippen molar-refractivity contribution >= 4 is 11.6 Å². The molecule has 1 aliphatic carbocycles. The molecule has 6 rings (SSSR count). The average molecular weight is 436 g/mol. The van der Waals surface area contributed by atoms with E-state index in [9.17, 15) is 0 Å². The smallest absolute Gasteiger partial charge is 0.226 e. The molecule has 0 fully saturated rings. The Hall–Kier alpha value is -3.76. The van der Waals surface area contributed by atoms with Gasteiger partial charge in [0.1, 0.15) is 11.9 Å². The molecule has 0 radical (unpaired) electrons. The number of halogens is 1. The summed E-state index contributed by atoms with van der Waals surface area (Å²) in [5, 5.41) is 0.177. The largest absolute Gasteiger partial charge is 0.484 e. The third-order valence-corrected chi connectivity index (χ3v) is 6.01. The molecule has 0 spiro atoms.